The minimum Gasteiger partial charge on any atom is -0.378 e. The SMILES string of the molecule is CN(c1nccc(N2CCOCC2)n1)C1CCCN(c2nc3c(s2)CCC3)C1. The number of morpholine rings is 1. The van der Waals surface area contributed by atoms with Gasteiger partial charge in [-0.1, -0.05) is 0 Å². The van der Waals surface area contributed by atoms with Crippen LogP contribution in [-0.4, -0.2) is 67.4 Å². The number of rotatable bonds is 4. The van der Waals surface area contributed by atoms with Crippen molar-refractivity contribution in [2.75, 3.05) is 61.1 Å². The van der Waals surface area contributed by atoms with Crippen molar-refractivity contribution in [2.24, 2.45) is 0 Å². The highest BCUT2D eigenvalue weighted by molar-refractivity contribution is 7.15. The summed E-state index contributed by atoms with van der Waals surface area (Å²) in [6, 6.07) is 2.42. The molecule has 0 saturated carbocycles. The van der Waals surface area contributed by atoms with Crippen LogP contribution in [0.1, 0.15) is 29.8 Å². The molecule has 0 spiro atoms. The number of piperidine rings is 1. The normalized spacial score (nSPS) is 22.4. The van der Waals surface area contributed by atoms with Crippen LogP contribution in [0.15, 0.2) is 12.3 Å². The van der Waals surface area contributed by atoms with Crippen LogP contribution in [0.4, 0.5) is 16.9 Å². The Morgan fingerprint density at radius 2 is 2.00 bits per heavy atom. The first-order valence-electron chi connectivity index (χ1n) is 10.4. The van der Waals surface area contributed by atoms with Gasteiger partial charge in [0.1, 0.15) is 5.82 Å². The summed E-state index contributed by atoms with van der Waals surface area (Å²) in [6.07, 6.45) is 7.88. The van der Waals surface area contributed by atoms with Gasteiger partial charge in [-0.3, -0.25) is 0 Å². The summed E-state index contributed by atoms with van der Waals surface area (Å²) in [5.41, 5.74) is 1.34. The number of fused-ring (bicyclic) bond motifs is 1. The van der Waals surface area contributed by atoms with Crippen LogP contribution in [0.25, 0.3) is 0 Å². The predicted octanol–water partition coefficient (Wildman–Crippen LogP) is 2.36. The van der Waals surface area contributed by atoms with E-state index in [9.17, 15) is 0 Å². The van der Waals surface area contributed by atoms with E-state index in [-0.39, 0.29) is 0 Å². The number of hydrogen-bond donors (Lipinski definition) is 0. The Hall–Kier alpha value is -1.93. The molecule has 7 nitrogen and oxygen atoms in total. The molecular formula is C20H28N6OS. The van der Waals surface area contributed by atoms with Crippen LogP contribution in [0, 0.1) is 0 Å². The van der Waals surface area contributed by atoms with Crippen molar-refractivity contribution in [3.63, 3.8) is 0 Å². The minimum absolute atomic E-state index is 0.410. The van der Waals surface area contributed by atoms with E-state index in [1.807, 2.05) is 23.6 Å². The molecule has 2 aromatic rings. The summed E-state index contributed by atoms with van der Waals surface area (Å²) in [6.45, 7) is 5.42. The molecule has 1 unspecified atom stereocenters. The molecule has 28 heavy (non-hydrogen) atoms. The Bertz CT molecular complexity index is 799. The van der Waals surface area contributed by atoms with Gasteiger partial charge in [-0.15, -0.1) is 11.3 Å². The van der Waals surface area contributed by atoms with Crippen LogP contribution >= 0.6 is 11.3 Å². The smallest absolute Gasteiger partial charge is 0.227 e. The van der Waals surface area contributed by atoms with Gasteiger partial charge in [0.15, 0.2) is 5.13 Å². The van der Waals surface area contributed by atoms with Gasteiger partial charge in [0.25, 0.3) is 0 Å². The lowest BCUT2D eigenvalue weighted by Crippen LogP contribution is -2.47. The van der Waals surface area contributed by atoms with E-state index in [0.717, 1.165) is 57.6 Å². The Kier molecular flexibility index (Phi) is 5.07. The summed E-state index contributed by atoms with van der Waals surface area (Å²) < 4.78 is 5.46. The third-order valence-corrected chi connectivity index (χ3v) is 7.30. The number of nitrogens with zero attached hydrogens (tertiary/aromatic N) is 6. The first-order chi connectivity index (χ1) is 13.8. The molecule has 1 atom stereocenters. The third-order valence-electron chi connectivity index (χ3n) is 6.08. The molecule has 2 saturated heterocycles. The molecular weight excluding hydrogens is 372 g/mol. The van der Waals surface area contributed by atoms with Gasteiger partial charge in [0.05, 0.1) is 18.9 Å². The summed E-state index contributed by atoms with van der Waals surface area (Å²) in [4.78, 5) is 22.9. The molecule has 0 bridgehead atoms. The zero-order chi connectivity index (χ0) is 18.9. The van der Waals surface area contributed by atoms with Gasteiger partial charge in [-0.05, 0) is 38.2 Å². The van der Waals surface area contributed by atoms with E-state index in [1.54, 1.807) is 0 Å². The fourth-order valence-corrected chi connectivity index (χ4v) is 5.58. The van der Waals surface area contributed by atoms with Crippen molar-refractivity contribution in [3.8, 4) is 0 Å². The maximum absolute atomic E-state index is 5.46. The molecule has 0 aromatic carbocycles. The van der Waals surface area contributed by atoms with Crippen molar-refractivity contribution in [3.05, 3.63) is 22.8 Å². The minimum atomic E-state index is 0.410. The molecule has 3 aliphatic rings. The molecule has 2 fully saturated rings. The second kappa shape index (κ2) is 7.83. The Morgan fingerprint density at radius 3 is 2.86 bits per heavy atom. The summed E-state index contributed by atoms with van der Waals surface area (Å²) >= 11 is 1.91. The van der Waals surface area contributed by atoms with Crippen molar-refractivity contribution >= 4 is 28.2 Å². The quantitative estimate of drug-likeness (QED) is 0.781. The van der Waals surface area contributed by atoms with Gasteiger partial charge in [-0.25, -0.2) is 9.97 Å². The monoisotopic (exact) mass is 400 g/mol. The number of thiazole rings is 1. The van der Waals surface area contributed by atoms with Crippen LogP contribution < -0.4 is 14.7 Å². The van der Waals surface area contributed by atoms with Crippen molar-refractivity contribution in [2.45, 2.75) is 38.1 Å². The fraction of sp³-hybridized carbons (Fsp3) is 0.650. The predicted molar refractivity (Wildman–Crippen MR) is 113 cm³/mol. The maximum atomic E-state index is 5.46. The van der Waals surface area contributed by atoms with Crippen molar-refractivity contribution in [1.82, 2.24) is 15.0 Å². The fourth-order valence-electron chi connectivity index (χ4n) is 4.40. The topological polar surface area (TPSA) is 57.6 Å². The number of aromatic nitrogens is 3. The number of ether oxygens (including phenoxy) is 1. The molecule has 2 aromatic heterocycles. The molecule has 0 N–H and O–H groups in total. The number of anilines is 3. The summed E-state index contributed by atoms with van der Waals surface area (Å²) in [5, 5.41) is 1.21. The van der Waals surface area contributed by atoms with Crippen LogP contribution in [0.5, 0.6) is 0 Å². The zero-order valence-electron chi connectivity index (χ0n) is 16.5. The second-order valence-electron chi connectivity index (χ2n) is 7.89. The van der Waals surface area contributed by atoms with Crippen LogP contribution in [-0.2, 0) is 17.6 Å². The highest BCUT2D eigenvalue weighted by Gasteiger charge is 2.28. The molecule has 150 valence electrons. The van der Waals surface area contributed by atoms with Gasteiger partial charge in [0, 0.05) is 50.3 Å². The summed E-state index contributed by atoms with van der Waals surface area (Å²) in [5.74, 6) is 1.82. The highest BCUT2D eigenvalue weighted by Crippen LogP contribution is 2.34. The van der Waals surface area contributed by atoms with Crippen LogP contribution in [0.2, 0.25) is 0 Å². The molecule has 5 rings (SSSR count). The molecule has 8 heteroatoms. The lowest BCUT2D eigenvalue weighted by molar-refractivity contribution is 0.122. The van der Waals surface area contributed by atoms with E-state index >= 15 is 0 Å². The molecule has 0 amide bonds. The average Bonchev–Trinajstić information content (AvgIpc) is 3.37. The second-order valence-corrected chi connectivity index (χ2v) is 8.95. The lowest BCUT2D eigenvalue weighted by atomic mass is 10.1. The lowest BCUT2D eigenvalue weighted by Gasteiger charge is -2.38. The average molecular weight is 401 g/mol. The Morgan fingerprint density at radius 1 is 1.11 bits per heavy atom. The highest BCUT2D eigenvalue weighted by atomic mass is 32.1. The maximum Gasteiger partial charge on any atom is 0.227 e. The number of aryl methyl sites for hydroxylation is 2. The molecule has 0 radical (unpaired) electrons. The molecule has 2 aliphatic heterocycles. The first kappa shape index (κ1) is 18.1. The van der Waals surface area contributed by atoms with Crippen molar-refractivity contribution < 1.29 is 4.74 Å². The van der Waals surface area contributed by atoms with Gasteiger partial charge >= 0.3 is 0 Å². The van der Waals surface area contributed by atoms with Gasteiger partial charge in [-0.2, -0.15) is 4.98 Å². The van der Waals surface area contributed by atoms with E-state index in [2.05, 4.69) is 26.7 Å². The van der Waals surface area contributed by atoms with Crippen molar-refractivity contribution in [1.29, 1.82) is 0 Å². The third kappa shape index (κ3) is 3.55. The molecule has 1 aliphatic carbocycles. The Labute approximate surface area is 170 Å². The van der Waals surface area contributed by atoms with Gasteiger partial charge in [0.2, 0.25) is 5.95 Å². The largest absolute Gasteiger partial charge is 0.378 e. The van der Waals surface area contributed by atoms with E-state index in [1.165, 1.54) is 41.4 Å². The van der Waals surface area contributed by atoms with Gasteiger partial charge < -0.3 is 19.4 Å². The number of hydrogen-bond acceptors (Lipinski definition) is 8. The standard InChI is InChI=1S/C20H28N6OS/c1-24(19-21-8-7-18(23-19)25-10-12-27-13-11-25)15-4-3-9-26(14-15)20-22-16-5-2-6-17(16)28-20/h7-8,15H,2-6,9-14H2,1H3. The Balaban J connectivity index is 1.29. The number of likely N-dealkylation sites (N-methyl/N-ethyl adjacent to an activating group) is 1. The van der Waals surface area contributed by atoms with E-state index in [4.69, 9.17) is 14.7 Å². The summed E-state index contributed by atoms with van der Waals surface area (Å²) in [7, 11) is 2.13. The zero-order valence-corrected chi connectivity index (χ0v) is 17.3. The first-order valence-corrected chi connectivity index (χ1v) is 11.2. The van der Waals surface area contributed by atoms with E-state index in [0.29, 0.717) is 6.04 Å². The van der Waals surface area contributed by atoms with E-state index < -0.39 is 0 Å². The molecule has 4 heterocycles. The van der Waals surface area contributed by atoms with Crippen LogP contribution in [0.3, 0.4) is 0 Å².